The van der Waals surface area contributed by atoms with Crippen LogP contribution in [0.5, 0.6) is 11.5 Å². The maximum atomic E-state index is 5.95. The Kier molecular flexibility index (Phi) is 5.11. The smallest absolute Gasteiger partial charge is 0.141 e. The first-order valence-corrected chi connectivity index (χ1v) is 7.21. The van der Waals surface area contributed by atoms with E-state index in [1.54, 1.807) is 18.2 Å². The number of halogens is 3. The standard InChI is InChI=1S/C14H12BrCl2NO/c1-18-8-9-2-5-14(11(15)6-9)19-10-3-4-12(16)13(17)7-10/h2-7,18H,8H2,1H3. The van der Waals surface area contributed by atoms with E-state index < -0.39 is 0 Å². The van der Waals surface area contributed by atoms with Gasteiger partial charge in [0, 0.05) is 12.6 Å². The zero-order chi connectivity index (χ0) is 13.8. The van der Waals surface area contributed by atoms with Crippen LogP contribution < -0.4 is 10.1 Å². The first kappa shape index (κ1) is 14.7. The zero-order valence-electron chi connectivity index (χ0n) is 10.2. The Hall–Kier alpha value is -0.740. The summed E-state index contributed by atoms with van der Waals surface area (Å²) in [4.78, 5) is 0. The summed E-state index contributed by atoms with van der Waals surface area (Å²) >= 11 is 15.3. The molecular formula is C14H12BrCl2NO. The Bertz CT molecular complexity index is 590. The summed E-state index contributed by atoms with van der Waals surface area (Å²) in [5.41, 5.74) is 1.18. The monoisotopic (exact) mass is 359 g/mol. The molecule has 0 spiro atoms. The van der Waals surface area contributed by atoms with Gasteiger partial charge in [0.25, 0.3) is 0 Å². The van der Waals surface area contributed by atoms with Gasteiger partial charge < -0.3 is 10.1 Å². The van der Waals surface area contributed by atoms with Crippen LogP contribution in [0.25, 0.3) is 0 Å². The Labute approximate surface area is 130 Å². The Morgan fingerprint density at radius 3 is 2.53 bits per heavy atom. The van der Waals surface area contributed by atoms with Crippen molar-refractivity contribution < 1.29 is 4.74 Å². The second-order valence-electron chi connectivity index (χ2n) is 3.97. The van der Waals surface area contributed by atoms with Crippen LogP contribution >= 0.6 is 39.1 Å². The Balaban J connectivity index is 2.20. The van der Waals surface area contributed by atoms with Crippen molar-refractivity contribution in [1.82, 2.24) is 5.32 Å². The van der Waals surface area contributed by atoms with E-state index >= 15 is 0 Å². The lowest BCUT2D eigenvalue weighted by Crippen LogP contribution is -2.04. The van der Waals surface area contributed by atoms with E-state index in [1.807, 2.05) is 25.2 Å². The minimum atomic E-state index is 0.474. The SMILES string of the molecule is CNCc1ccc(Oc2ccc(Cl)c(Cl)c2)c(Br)c1. The van der Waals surface area contributed by atoms with Gasteiger partial charge in [0.05, 0.1) is 14.5 Å². The van der Waals surface area contributed by atoms with E-state index in [0.717, 1.165) is 16.8 Å². The fourth-order valence-corrected chi connectivity index (χ4v) is 2.40. The van der Waals surface area contributed by atoms with Crippen LogP contribution in [0.1, 0.15) is 5.56 Å². The number of rotatable bonds is 4. The highest BCUT2D eigenvalue weighted by Crippen LogP contribution is 2.33. The maximum Gasteiger partial charge on any atom is 0.141 e. The normalized spacial score (nSPS) is 10.5. The van der Waals surface area contributed by atoms with Crippen molar-refractivity contribution >= 4 is 39.1 Å². The Morgan fingerprint density at radius 2 is 1.89 bits per heavy atom. The fraction of sp³-hybridized carbons (Fsp3) is 0.143. The van der Waals surface area contributed by atoms with Gasteiger partial charge in [-0.15, -0.1) is 0 Å². The number of hydrogen-bond acceptors (Lipinski definition) is 2. The van der Waals surface area contributed by atoms with Crippen LogP contribution in [0.4, 0.5) is 0 Å². The summed E-state index contributed by atoms with van der Waals surface area (Å²) in [7, 11) is 1.91. The summed E-state index contributed by atoms with van der Waals surface area (Å²) < 4.78 is 6.66. The molecule has 0 aromatic heterocycles. The average molecular weight is 361 g/mol. The molecule has 2 rings (SSSR count). The molecule has 0 aliphatic heterocycles. The third kappa shape index (κ3) is 3.86. The number of ether oxygens (including phenoxy) is 1. The number of benzene rings is 2. The first-order chi connectivity index (χ1) is 9.10. The quantitative estimate of drug-likeness (QED) is 0.802. The Morgan fingerprint density at radius 1 is 1.11 bits per heavy atom. The molecule has 2 aromatic rings. The van der Waals surface area contributed by atoms with Gasteiger partial charge in [-0.25, -0.2) is 0 Å². The van der Waals surface area contributed by atoms with Crippen LogP contribution in [-0.4, -0.2) is 7.05 Å². The molecule has 0 heterocycles. The molecule has 0 aliphatic carbocycles. The van der Waals surface area contributed by atoms with Gasteiger partial charge in [0.15, 0.2) is 0 Å². The summed E-state index contributed by atoms with van der Waals surface area (Å²) in [6.07, 6.45) is 0. The largest absolute Gasteiger partial charge is 0.456 e. The summed E-state index contributed by atoms with van der Waals surface area (Å²) in [6.45, 7) is 0.811. The first-order valence-electron chi connectivity index (χ1n) is 5.66. The van der Waals surface area contributed by atoms with Crippen LogP contribution in [0.15, 0.2) is 40.9 Å². The summed E-state index contributed by atoms with van der Waals surface area (Å²) in [5.74, 6) is 1.38. The predicted molar refractivity (Wildman–Crippen MR) is 83.4 cm³/mol. The summed E-state index contributed by atoms with van der Waals surface area (Å²) in [5, 5.41) is 4.09. The minimum Gasteiger partial charge on any atom is -0.456 e. The van der Waals surface area contributed by atoms with Crippen molar-refractivity contribution in [1.29, 1.82) is 0 Å². The average Bonchev–Trinajstić information content (AvgIpc) is 2.37. The number of nitrogens with one attached hydrogen (secondary N) is 1. The minimum absolute atomic E-state index is 0.474. The molecule has 0 aliphatic rings. The molecule has 0 fully saturated rings. The molecule has 0 saturated carbocycles. The van der Waals surface area contributed by atoms with Gasteiger partial charge >= 0.3 is 0 Å². The van der Waals surface area contributed by atoms with Gasteiger partial charge in [-0.1, -0.05) is 29.3 Å². The highest BCUT2D eigenvalue weighted by Gasteiger charge is 2.06. The van der Waals surface area contributed by atoms with Crippen molar-refractivity contribution in [3.05, 3.63) is 56.5 Å². The van der Waals surface area contributed by atoms with E-state index in [0.29, 0.717) is 15.8 Å². The van der Waals surface area contributed by atoms with E-state index in [2.05, 4.69) is 21.2 Å². The third-order valence-electron chi connectivity index (χ3n) is 2.50. The molecule has 0 bridgehead atoms. The van der Waals surface area contributed by atoms with Crippen LogP contribution in [0.2, 0.25) is 10.0 Å². The molecule has 5 heteroatoms. The molecule has 2 nitrogen and oxygen atoms in total. The highest BCUT2D eigenvalue weighted by molar-refractivity contribution is 9.10. The van der Waals surface area contributed by atoms with Crippen LogP contribution in [-0.2, 0) is 6.54 Å². The third-order valence-corrected chi connectivity index (χ3v) is 3.85. The van der Waals surface area contributed by atoms with Gasteiger partial charge in [0.1, 0.15) is 11.5 Å². The van der Waals surface area contributed by atoms with Crippen molar-refractivity contribution in [2.45, 2.75) is 6.54 Å². The molecule has 0 saturated heterocycles. The lowest BCUT2D eigenvalue weighted by Gasteiger charge is -2.10. The molecule has 0 atom stereocenters. The van der Waals surface area contributed by atoms with Gasteiger partial charge in [-0.2, -0.15) is 0 Å². The van der Waals surface area contributed by atoms with Crippen molar-refractivity contribution in [3.8, 4) is 11.5 Å². The topological polar surface area (TPSA) is 21.3 Å². The molecule has 0 unspecified atom stereocenters. The van der Waals surface area contributed by atoms with Gasteiger partial charge in [0.2, 0.25) is 0 Å². The lowest BCUT2D eigenvalue weighted by atomic mass is 10.2. The van der Waals surface area contributed by atoms with Crippen molar-refractivity contribution in [3.63, 3.8) is 0 Å². The van der Waals surface area contributed by atoms with E-state index in [9.17, 15) is 0 Å². The van der Waals surface area contributed by atoms with E-state index in [4.69, 9.17) is 27.9 Å². The molecule has 19 heavy (non-hydrogen) atoms. The number of hydrogen-bond donors (Lipinski definition) is 1. The molecule has 0 amide bonds. The lowest BCUT2D eigenvalue weighted by molar-refractivity contribution is 0.479. The van der Waals surface area contributed by atoms with E-state index in [1.165, 1.54) is 5.56 Å². The molecule has 1 N–H and O–H groups in total. The zero-order valence-corrected chi connectivity index (χ0v) is 13.3. The maximum absolute atomic E-state index is 5.95. The predicted octanol–water partition coefficient (Wildman–Crippen LogP) is 5.27. The van der Waals surface area contributed by atoms with Crippen molar-refractivity contribution in [2.75, 3.05) is 7.05 Å². The molecular weight excluding hydrogens is 349 g/mol. The summed E-state index contributed by atoms with van der Waals surface area (Å²) in [6, 6.07) is 11.1. The second-order valence-corrected chi connectivity index (χ2v) is 5.64. The van der Waals surface area contributed by atoms with Crippen LogP contribution in [0, 0.1) is 0 Å². The van der Waals surface area contributed by atoms with Crippen molar-refractivity contribution in [2.24, 2.45) is 0 Å². The van der Waals surface area contributed by atoms with Gasteiger partial charge in [-0.3, -0.25) is 0 Å². The second kappa shape index (κ2) is 6.62. The van der Waals surface area contributed by atoms with Gasteiger partial charge in [-0.05, 0) is 52.8 Å². The molecule has 100 valence electrons. The fourth-order valence-electron chi connectivity index (χ4n) is 1.61. The molecule has 2 aromatic carbocycles. The highest BCUT2D eigenvalue weighted by atomic mass is 79.9. The molecule has 0 radical (unpaired) electrons. The van der Waals surface area contributed by atoms with Crippen LogP contribution in [0.3, 0.4) is 0 Å². The van der Waals surface area contributed by atoms with E-state index in [-0.39, 0.29) is 0 Å².